The van der Waals surface area contributed by atoms with Crippen LogP contribution in [0.25, 0.3) is 0 Å². The van der Waals surface area contributed by atoms with Crippen LogP contribution >= 0.6 is 0 Å². The summed E-state index contributed by atoms with van der Waals surface area (Å²) in [7, 11) is -1.98. The van der Waals surface area contributed by atoms with Crippen LogP contribution in [-0.4, -0.2) is 28.2 Å². The van der Waals surface area contributed by atoms with Crippen molar-refractivity contribution in [3.63, 3.8) is 0 Å². The van der Waals surface area contributed by atoms with Gasteiger partial charge in [0.05, 0.1) is 17.1 Å². The summed E-state index contributed by atoms with van der Waals surface area (Å²) in [6, 6.07) is 8.95. The van der Waals surface area contributed by atoms with Crippen LogP contribution in [0.2, 0.25) is 0 Å². The molecule has 1 saturated heterocycles. The number of hydrogen-bond acceptors (Lipinski definition) is 3. The summed E-state index contributed by atoms with van der Waals surface area (Å²) in [5.74, 6) is 0. The number of benzene rings is 1. The van der Waals surface area contributed by atoms with Gasteiger partial charge in [0.15, 0.2) is 0 Å². The molecule has 0 radical (unpaired) electrons. The van der Waals surface area contributed by atoms with Crippen molar-refractivity contribution in [1.29, 1.82) is 0 Å². The SMILES string of the molecule is C=C1C(OC)CN(c2ccccc2)S1(=O)=O. The molecular formula is C11H13NO3S. The standard InChI is InChI=1S/C11H13NO3S/c1-9-11(15-2)8-12(16(9,13)14)10-6-4-3-5-7-10/h3-7,11H,1,8H2,2H3. The zero-order chi connectivity index (χ0) is 11.8. The molecule has 4 nitrogen and oxygen atoms in total. The minimum absolute atomic E-state index is 0.124. The van der Waals surface area contributed by atoms with Crippen molar-refractivity contribution in [3.8, 4) is 0 Å². The molecule has 0 aliphatic carbocycles. The predicted octanol–water partition coefficient (Wildman–Crippen LogP) is 1.37. The van der Waals surface area contributed by atoms with Gasteiger partial charge >= 0.3 is 0 Å². The number of rotatable bonds is 2. The molecule has 0 N–H and O–H groups in total. The van der Waals surface area contributed by atoms with Crippen LogP contribution in [-0.2, 0) is 14.8 Å². The van der Waals surface area contributed by atoms with Gasteiger partial charge in [0.25, 0.3) is 10.0 Å². The van der Waals surface area contributed by atoms with Crippen LogP contribution in [0.4, 0.5) is 5.69 Å². The van der Waals surface area contributed by atoms with Gasteiger partial charge in [-0.25, -0.2) is 8.42 Å². The maximum absolute atomic E-state index is 12.0. The van der Waals surface area contributed by atoms with Gasteiger partial charge in [0, 0.05) is 7.11 Å². The number of anilines is 1. The molecule has 1 fully saturated rings. The van der Waals surface area contributed by atoms with Crippen LogP contribution in [0.15, 0.2) is 41.8 Å². The fourth-order valence-electron chi connectivity index (χ4n) is 1.70. The van der Waals surface area contributed by atoms with Crippen molar-refractivity contribution in [1.82, 2.24) is 0 Å². The van der Waals surface area contributed by atoms with Gasteiger partial charge in [-0.05, 0) is 12.1 Å². The first kappa shape index (κ1) is 11.2. The Balaban J connectivity index is 2.42. The topological polar surface area (TPSA) is 46.6 Å². The van der Waals surface area contributed by atoms with Crippen molar-refractivity contribution in [2.75, 3.05) is 18.0 Å². The monoisotopic (exact) mass is 239 g/mol. The number of hydrogen-bond donors (Lipinski definition) is 0. The lowest BCUT2D eigenvalue weighted by Gasteiger charge is -2.16. The van der Waals surface area contributed by atoms with Gasteiger partial charge in [0.2, 0.25) is 0 Å². The second-order valence-electron chi connectivity index (χ2n) is 3.56. The number of ether oxygens (including phenoxy) is 1. The van der Waals surface area contributed by atoms with E-state index in [0.717, 1.165) is 0 Å². The highest BCUT2D eigenvalue weighted by atomic mass is 32.2. The van der Waals surface area contributed by atoms with Crippen LogP contribution in [0.1, 0.15) is 0 Å². The van der Waals surface area contributed by atoms with Crippen molar-refractivity contribution < 1.29 is 13.2 Å². The maximum Gasteiger partial charge on any atom is 0.262 e. The Hall–Kier alpha value is -1.33. The highest BCUT2D eigenvalue weighted by Gasteiger charge is 2.40. The molecule has 0 saturated carbocycles. The average molecular weight is 239 g/mol. The van der Waals surface area contributed by atoms with Gasteiger partial charge in [0.1, 0.15) is 6.10 Å². The Labute approximate surface area is 95.2 Å². The number of methoxy groups -OCH3 is 1. The molecule has 1 aromatic carbocycles. The molecule has 1 unspecified atom stereocenters. The Morgan fingerprint density at radius 3 is 2.50 bits per heavy atom. The van der Waals surface area contributed by atoms with E-state index in [1.807, 2.05) is 6.07 Å². The summed E-state index contributed by atoms with van der Waals surface area (Å²) in [5, 5.41) is 0. The van der Waals surface area contributed by atoms with E-state index < -0.39 is 16.1 Å². The number of para-hydroxylation sites is 1. The quantitative estimate of drug-likeness (QED) is 0.783. The Morgan fingerprint density at radius 2 is 2.00 bits per heavy atom. The van der Waals surface area contributed by atoms with E-state index in [4.69, 9.17) is 4.74 Å². The number of sulfonamides is 1. The molecule has 86 valence electrons. The summed E-state index contributed by atoms with van der Waals surface area (Å²) < 4.78 is 30.4. The molecule has 1 atom stereocenters. The second kappa shape index (κ2) is 3.92. The lowest BCUT2D eigenvalue weighted by Crippen LogP contribution is -2.25. The second-order valence-corrected chi connectivity index (χ2v) is 5.48. The van der Waals surface area contributed by atoms with Gasteiger partial charge in [-0.3, -0.25) is 4.31 Å². The minimum Gasteiger partial charge on any atom is -0.374 e. The predicted molar refractivity (Wildman–Crippen MR) is 62.6 cm³/mol. The first-order chi connectivity index (χ1) is 7.57. The highest BCUT2D eigenvalue weighted by molar-refractivity contribution is 7.97. The van der Waals surface area contributed by atoms with Crippen LogP contribution in [0, 0.1) is 0 Å². The van der Waals surface area contributed by atoms with Crippen molar-refractivity contribution in [2.24, 2.45) is 0 Å². The third-order valence-corrected chi connectivity index (χ3v) is 4.51. The van der Waals surface area contributed by atoms with Gasteiger partial charge in [-0.1, -0.05) is 24.8 Å². The molecule has 1 heterocycles. The minimum atomic E-state index is -3.47. The van der Waals surface area contributed by atoms with E-state index in [9.17, 15) is 8.42 Å². The van der Waals surface area contributed by atoms with Crippen molar-refractivity contribution in [2.45, 2.75) is 6.10 Å². The molecule has 1 aliphatic heterocycles. The van der Waals surface area contributed by atoms with E-state index in [1.165, 1.54) is 11.4 Å². The molecule has 1 aromatic rings. The molecule has 0 spiro atoms. The zero-order valence-corrected chi connectivity index (χ0v) is 9.78. The summed E-state index contributed by atoms with van der Waals surface area (Å²) in [5.41, 5.74) is 0.642. The molecule has 16 heavy (non-hydrogen) atoms. The molecular weight excluding hydrogens is 226 g/mol. The normalized spacial score (nSPS) is 23.7. The Kier molecular flexibility index (Phi) is 2.73. The maximum atomic E-state index is 12.0. The van der Waals surface area contributed by atoms with Crippen molar-refractivity contribution in [3.05, 3.63) is 41.8 Å². The first-order valence-electron chi connectivity index (χ1n) is 4.86. The molecule has 0 amide bonds. The first-order valence-corrected chi connectivity index (χ1v) is 6.31. The van der Waals surface area contributed by atoms with E-state index in [0.29, 0.717) is 12.2 Å². The number of nitrogens with zero attached hydrogens (tertiary/aromatic N) is 1. The zero-order valence-electron chi connectivity index (χ0n) is 8.96. The van der Waals surface area contributed by atoms with Crippen LogP contribution < -0.4 is 4.31 Å². The fourth-order valence-corrected chi connectivity index (χ4v) is 3.22. The molecule has 2 rings (SSSR count). The third kappa shape index (κ3) is 1.62. The fraction of sp³-hybridized carbons (Fsp3) is 0.273. The molecule has 0 aromatic heterocycles. The Morgan fingerprint density at radius 1 is 1.38 bits per heavy atom. The largest absolute Gasteiger partial charge is 0.374 e. The smallest absolute Gasteiger partial charge is 0.262 e. The van der Waals surface area contributed by atoms with E-state index in [-0.39, 0.29) is 4.91 Å². The van der Waals surface area contributed by atoms with E-state index in [1.54, 1.807) is 24.3 Å². The van der Waals surface area contributed by atoms with Gasteiger partial charge in [-0.2, -0.15) is 0 Å². The summed E-state index contributed by atoms with van der Waals surface area (Å²) in [6.45, 7) is 3.87. The molecule has 0 bridgehead atoms. The lowest BCUT2D eigenvalue weighted by molar-refractivity contribution is 0.149. The average Bonchev–Trinajstić information content (AvgIpc) is 2.52. The summed E-state index contributed by atoms with van der Waals surface area (Å²) in [6.07, 6.45) is -0.454. The van der Waals surface area contributed by atoms with Crippen molar-refractivity contribution >= 4 is 15.7 Å². The third-order valence-electron chi connectivity index (χ3n) is 2.64. The summed E-state index contributed by atoms with van der Waals surface area (Å²) in [4.78, 5) is 0.124. The molecule has 5 heteroatoms. The summed E-state index contributed by atoms with van der Waals surface area (Å²) >= 11 is 0. The lowest BCUT2D eigenvalue weighted by atomic mass is 10.3. The van der Waals surface area contributed by atoms with Gasteiger partial charge in [-0.15, -0.1) is 0 Å². The highest BCUT2D eigenvalue weighted by Crippen LogP contribution is 2.31. The van der Waals surface area contributed by atoms with E-state index >= 15 is 0 Å². The van der Waals surface area contributed by atoms with Crippen LogP contribution in [0.5, 0.6) is 0 Å². The van der Waals surface area contributed by atoms with E-state index in [2.05, 4.69) is 6.58 Å². The molecule has 1 aliphatic rings. The van der Waals surface area contributed by atoms with Gasteiger partial charge < -0.3 is 4.74 Å². The van der Waals surface area contributed by atoms with Crippen LogP contribution in [0.3, 0.4) is 0 Å². The Bertz CT molecular complexity index is 495.